The number of oxime groups is 1. The molecule has 0 atom stereocenters. The average molecular weight is 267 g/mol. The van der Waals surface area contributed by atoms with Crippen LogP contribution in [0.3, 0.4) is 0 Å². The highest BCUT2D eigenvalue weighted by atomic mass is 16.5. The molecule has 0 bridgehead atoms. The Morgan fingerprint density at radius 1 is 1.47 bits per heavy atom. The minimum atomic E-state index is -0.489. The lowest BCUT2D eigenvalue weighted by atomic mass is 10.0. The molecule has 0 heterocycles. The van der Waals surface area contributed by atoms with Crippen molar-refractivity contribution in [3.63, 3.8) is 0 Å². The molecule has 6 heteroatoms. The van der Waals surface area contributed by atoms with Crippen LogP contribution in [0.15, 0.2) is 23.4 Å². The average Bonchev–Trinajstić information content (AvgIpc) is 2.44. The molecule has 1 aromatic rings. The largest absolute Gasteiger partial charge is 0.497 e. The lowest BCUT2D eigenvalue weighted by Gasteiger charge is -2.37. The van der Waals surface area contributed by atoms with Crippen molar-refractivity contribution in [2.24, 2.45) is 10.9 Å². The van der Waals surface area contributed by atoms with Gasteiger partial charge in [0.05, 0.1) is 24.9 Å². The van der Waals surface area contributed by atoms with Gasteiger partial charge in [-0.15, -0.1) is 0 Å². The van der Waals surface area contributed by atoms with Crippen LogP contribution in [-0.2, 0) is 0 Å². The highest BCUT2D eigenvalue weighted by Crippen LogP contribution is 2.29. The van der Waals surface area contributed by atoms with Gasteiger partial charge < -0.3 is 25.7 Å². The summed E-state index contributed by atoms with van der Waals surface area (Å²) in [4.78, 5) is 1.86. The zero-order valence-corrected chi connectivity index (χ0v) is 11.7. The van der Waals surface area contributed by atoms with E-state index in [-0.39, 0.29) is 12.4 Å². The summed E-state index contributed by atoms with van der Waals surface area (Å²) in [6.45, 7) is 3.75. The van der Waals surface area contributed by atoms with Gasteiger partial charge in [-0.1, -0.05) is 5.16 Å². The van der Waals surface area contributed by atoms with Gasteiger partial charge in [0.2, 0.25) is 0 Å². The molecule has 0 unspecified atom stereocenters. The van der Waals surface area contributed by atoms with Gasteiger partial charge >= 0.3 is 0 Å². The predicted octanol–water partition coefficient (Wildman–Crippen LogP) is 0.997. The van der Waals surface area contributed by atoms with Crippen LogP contribution < -0.4 is 15.4 Å². The van der Waals surface area contributed by atoms with E-state index in [0.29, 0.717) is 17.0 Å². The van der Waals surface area contributed by atoms with E-state index in [1.54, 1.807) is 25.3 Å². The van der Waals surface area contributed by atoms with Crippen molar-refractivity contribution in [3.05, 3.63) is 23.8 Å². The molecule has 0 aliphatic rings. The van der Waals surface area contributed by atoms with Crippen molar-refractivity contribution in [1.29, 1.82) is 0 Å². The molecule has 4 N–H and O–H groups in total. The number of nitrogens with zero attached hydrogens (tertiary/aromatic N) is 2. The standard InChI is InChI=1S/C13H21N3O3/c1-13(2,8-17)16(3)11-7-9(19-4)5-6-10(11)12(14)15-18/h5-7,17-18H,8H2,1-4H3,(H2,14,15). The molecular formula is C13H21N3O3. The zero-order valence-electron chi connectivity index (χ0n) is 11.7. The number of amidine groups is 1. The second-order valence-electron chi connectivity index (χ2n) is 4.90. The van der Waals surface area contributed by atoms with Crippen molar-refractivity contribution >= 4 is 11.5 Å². The van der Waals surface area contributed by atoms with E-state index in [9.17, 15) is 5.11 Å². The number of methoxy groups -OCH3 is 1. The lowest BCUT2D eigenvalue weighted by molar-refractivity contribution is 0.216. The van der Waals surface area contributed by atoms with Crippen LogP contribution in [0.5, 0.6) is 5.75 Å². The Morgan fingerprint density at radius 2 is 2.11 bits per heavy atom. The maximum atomic E-state index is 9.46. The first-order valence-corrected chi connectivity index (χ1v) is 5.88. The van der Waals surface area contributed by atoms with Crippen LogP contribution in [0.25, 0.3) is 0 Å². The summed E-state index contributed by atoms with van der Waals surface area (Å²) in [6, 6.07) is 5.23. The fourth-order valence-electron chi connectivity index (χ4n) is 1.62. The monoisotopic (exact) mass is 267 g/mol. The van der Waals surface area contributed by atoms with Crippen LogP contribution in [0.4, 0.5) is 5.69 Å². The van der Waals surface area contributed by atoms with Crippen molar-refractivity contribution < 1.29 is 15.1 Å². The summed E-state index contributed by atoms with van der Waals surface area (Å²) in [6.07, 6.45) is 0. The predicted molar refractivity (Wildman–Crippen MR) is 75.1 cm³/mol. The van der Waals surface area contributed by atoms with Crippen molar-refractivity contribution in [1.82, 2.24) is 0 Å². The third-order valence-electron chi connectivity index (χ3n) is 3.24. The van der Waals surface area contributed by atoms with E-state index in [2.05, 4.69) is 5.16 Å². The maximum Gasteiger partial charge on any atom is 0.172 e. The first kappa shape index (κ1) is 15.1. The number of hydrogen-bond donors (Lipinski definition) is 3. The first-order valence-electron chi connectivity index (χ1n) is 5.88. The van der Waals surface area contributed by atoms with Gasteiger partial charge in [0.15, 0.2) is 5.84 Å². The summed E-state index contributed by atoms with van der Waals surface area (Å²) in [7, 11) is 3.40. The number of nitrogens with two attached hydrogens (primary N) is 1. The van der Waals surface area contributed by atoms with Crippen molar-refractivity contribution in [2.75, 3.05) is 25.7 Å². The molecule has 0 aliphatic heterocycles. The number of aliphatic hydroxyl groups excluding tert-OH is 1. The second-order valence-corrected chi connectivity index (χ2v) is 4.90. The molecule has 1 rings (SSSR count). The van der Waals surface area contributed by atoms with Crippen LogP contribution in [0.1, 0.15) is 19.4 Å². The molecule has 0 saturated heterocycles. The molecule has 6 nitrogen and oxygen atoms in total. The zero-order chi connectivity index (χ0) is 14.6. The van der Waals surface area contributed by atoms with E-state index < -0.39 is 5.54 Å². The third-order valence-corrected chi connectivity index (χ3v) is 3.24. The third kappa shape index (κ3) is 3.08. The summed E-state index contributed by atoms with van der Waals surface area (Å²) >= 11 is 0. The Balaban J connectivity index is 3.37. The molecule has 0 spiro atoms. The molecule has 19 heavy (non-hydrogen) atoms. The van der Waals surface area contributed by atoms with Gasteiger partial charge in [-0.3, -0.25) is 0 Å². The molecule has 0 fully saturated rings. The minimum Gasteiger partial charge on any atom is -0.497 e. The molecule has 0 radical (unpaired) electrons. The Kier molecular flexibility index (Phi) is 4.61. The first-order chi connectivity index (χ1) is 8.87. The van der Waals surface area contributed by atoms with Crippen molar-refractivity contribution in [2.45, 2.75) is 19.4 Å². The summed E-state index contributed by atoms with van der Waals surface area (Å²) in [5.41, 5.74) is 6.48. The molecule has 0 aliphatic carbocycles. The van der Waals surface area contributed by atoms with Gasteiger partial charge in [-0.2, -0.15) is 0 Å². The fourth-order valence-corrected chi connectivity index (χ4v) is 1.62. The molecule has 0 aromatic heterocycles. The normalized spacial score (nSPS) is 12.4. The maximum absolute atomic E-state index is 9.46. The van der Waals surface area contributed by atoms with E-state index in [0.717, 1.165) is 0 Å². The smallest absolute Gasteiger partial charge is 0.172 e. The Hall–Kier alpha value is -1.95. The molecule has 106 valence electrons. The van der Waals surface area contributed by atoms with Crippen molar-refractivity contribution in [3.8, 4) is 5.75 Å². The second kappa shape index (κ2) is 5.79. The number of rotatable bonds is 5. The molecule has 1 aromatic carbocycles. The lowest BCUT2D eigenvalue weighted by Crippen LogP contribution is -2.45. The highest BCUT2D eigenvalue weighted by Gasteiger charge is 2.25. The fraction of sp³-hybridized carbons (Fsp3) is 0.462. The van der Waals surface area contributed by atoms with Gasteiger partial charge in [0, 0.05) is 18.7 Å². The number of benzene rings is 1. The van der Waals surface area contributed by atoms with Gasteiger partial charge in [-0.25, -0.2) is 0 Å². The van der Waals surface area contributed by atoms with Gasteiger partial charge in [0.25, 0.3) is 0 Å². The summed E-state index contributed by atoms with van der Waals surface area (Å²) in [5, 5.41) is 21.3. The number of ether oxygens (including phenoxy) is 1. The van der Waals surface area contributed by atoms with Crippen LogP contribution in [0, 0.1) is 0 Å². The van der Waals surface area contributed by atoms with Gasteiger partial charge in [-0.05, 0) is 26.0 Å². The van der Waals surface area contributed by atoms with Crippen LogP contribution in [-0.4, -0.2) is 42.5 Å². The summed E-state index contributed by atoms with van der Waals surface area (Å²) in [5.74, 6) is 0.670. The summed E-state index contributed by atoms with van der Waals surface area (Å²) < 4.78 is 5.19. The Bertz CT molecular complexity index is 472. The van der Waals surface area contributed by atoms with Crippen LogP contribution >= 0.6 is 0 Å². The number of likely N-dealkylation sites (N-methyl/N-ethyl adjacent to an activating group) is 1. The molecular weight excluding hydrogens is 246 g/mol. The van der Waals surface area contributed by atoms with E-state index >= 15 is 0 Å². The highest BCUT2D eigenvalue weighted by molar-refractivity contribution is 6.02. The number of aliphatic hydroxyl groups is 1. The van der Waals surface area contributed by atoms with E-state index in [4.69, 9.17) is 15.7 Å². The van der Waals surface area contributed by atoms with Crippen LogP contribution in [0.2, 0.25) is 0 Å². The topological polar surface area (TPSA) is 91.3 Å². The Morgan fingerprint density at radius 3 is 2.58 bits per heavy atom. The SMILES string of the molecule is COc1ccc(/C(N)=N/O)c(N(C)C(C)(C)CO)c1. The Labute approximate surface area is 113 Å². The number of anilines is 1. The van der Waals surface area contributed by atoms with E-state index in [1.165, 1.54) is 0 Å². The van der Waals surface area contributed by atoms with E-state index in [1.807, 2.05) is 25.8 Å². The quantitative estimate of drug-likeness (QED) is 0.320. The number of hydrogen-bond acceptors (Lipinski definition) is 5. The molecule has 0 saturated carbocycles. The van der Waals surface area contributed by atoms with Gasteiger partial charge in [0.1, 0.15) is 5.75 Å². The minimum absolute atomic E-state index is 0.0123. The molecule has 0 amide bonds.